The summed E-state index contributed by atoms with van der Waals surface area (Å²) < 4.78 is 30.8. The summed E-state index contributed by atoms with van der Waals surface area (Å²) in [6, 6.07) is 5.25. The van der Waals surface area contributed by atoms with Crippen LogP contribution in [0.5, 0.6) is 0 Å². The van der Waals surface area contributed by atoms with Crippen LogP contribution in [0.4, 0.5) is 0 Å². The average Bonchev–Trinajstić information content (AvgIpc) is 3.21. The van der Waals surface area contributed by atoms with Crippen LogP contribution >= 0.6 is 0 Å². The maximum Gasteiger partial charge on any atom is 0.238 e. The van der Waals surface area contributed by atoms with Gasteiger partial charge in [-0.2, -0.15) is 0 Å². The highest BCUT2D eigenvalue weighted by Crippen LogP contribution is 2.26. The normalized spacial score (nSPS) is 21.9. The Labute approximate surface area is 137 Å². The zero-order valence-electron chi connectivity index (χ0n) is 13.4. The van der Waals surface area contributed by atoms with Gasteiger partial charge in [0.1, 0.15) is 5.25 Å². The number of nitrogens with one attached hydrogen (secondary N) is 1. The lowest BCUT2D eigenvalue weighted by Crippen LogP contribution is -2.41. The minimum atomic E-state index is -3.66. The van der Waals surface area contributed by atoms with E-state index in [-0.39, 0.29) is 11.0 Å². The molecule has 1 aliphatic heterocycles. The Bertz CT molecular complexity index is 693. The summed E-state index contributed by atoms with van der Waals surface area (Å²) in [5.41, 5.74) is 2.32. The molecule has 1 N–H and O–H groups in total. The van der Waals surface area contributed by atoms with Gasteiger partial charge < -0.3 is 10.1 Å². The van der Waals surface area contributed by atoms with E-state index in [1.165, 1.54) is 12.5 Å². The van der Waals surface area contributed by atoms with E-state index in [1.807, 2.05) is 6.07 Å². The summed E-state index contributed by atoms with van der Waals surface area (Å²) in [4.78, 5) is 12.5. The van der Waals surface area contributed by atoms with Crippen molar-refractivity contribution in [3.05, 3.63) is 29.3 Å². The third-order valence-corrected chi connectivity index (χ3v) is 6.82. The number of aryl methyl sites for hydroxylation is 2. The van der Waals surface area contributed by atoms with Crippen LogP contribution in [0.3, 0.4) is 0 Å². The Morgan fingerprint density at radius 3 is 2.83 bits per heavy atom. The summed E-state index contributed by atoms with van der Waals surface area (Å²) in [6.45, 7) is 2.54. The first kappa shape index (κ1) is 16.5. The van der Waals surface area contributed by atoms with E-state index >= 15 is 0 Å². The molecule has 6 heteroatoms. The number of benzene rings is 1. The predicted molar refractivity (Wildman–Crippen MR) is 87.1 cm³/mol. The van der Waals surface area contributed by atoms with Gasteiger partial charge in [0.25, 0.3) is 0 Å². The van der Waals surface area contributed by atoms with Crippen LogP contribution in [0.2, 0.25) is 0 Å². The molecule has 2 atom stereocenters. The van der Waals surface area contributed by atoms with Crippen molar-refractivity contribution in [2.24, 2.45) is 0 Å². The molecule has 0 spiro atoms. The van der Waals surface area contributed by atoms with Gasteiger partial charge in [-0.1, -0.05) is 6.07 Å². The molecule has 23 heavy (non-hydrogen) atoms. The van der Waals surface area contributed by atoms with E-state index in [2.05, 4.69) is 5.32 Å². The van der Waals surface area contributed by atoms with E-state index in [4.69, 9.17) is 4.74 Å². The molecule has 2 unspecified atom stereocenters. The smallest absolute Gasteiger partial charge is 0.238 e. The Morgan fingerprint density at radius 2 is 2.09 bits per heavy atom. The summed E-state index contributed by atoms with van der Waals surface area (Å²) in [6.07, 6.45) is 4.89. The second-order valence-corrected chi connectivity index (χ2v) is 8.62. The maximum absolute atomic E-state index is 12.7. The van der Waals surface area contributed by atoms with Gasteiger partial charge in [-0.25, -0.2) is 8.42 Å². The topological polar surface area (TPSA) is 72.5 Å². The molecule has 0 aromatic heterocycles. The summed E-state index contributed by atoms with van der Waals surface area (Å²) in [5, 5.41) is 1.62. The molecular weight excluding hydrogens is 314 g/mol. The van der Waals surface area contributed by atoms with Gasteiger partial charge >= 0.3 is 0 Å². The van der Waals surface area contributed by atoms with Crippen molar-refractivity contribution in [2.75, 3.05) is 13.2 Å². The highest BCUT2D eigenvalue weighted by molar-refractivity contribution is 7.92. The molecule has 1 aromatic carbocycles. The standard InChI is InChI=1S/C17H23NO4S/c1-12(17(19)18-11-15-6-3-9-22-15)23(20,21)16-8-7-13-4-2-5-14(13)10-16/h7-8,10,12,15H,2-6,9,11H2,1H3,(H,18,19). The molecule has 1 fully saturated rings. The monoisotopic (exact) mass is 337 g/mol. The molecule has 2 aliphatic rings. The van der Waals surface area contributed by atoms with Gasteiger partial charge in [-0.05, 0) is 62.3 Å². The fourth-order valence-electron chi connectivity index (χ4n) is 3.23. The van der Waals surface area contributed by atoms with Crippen molar-refractivity contribution in [3.8, 4) is 0 Å². The summed E-state index contributed by atoms with van der Waals surface area (Å²) in [7, 11) is -3.66. The molecule has 0 saturated carbocycles. The molecule has 1 amide bonds. The van der Waals surface area contributed by atoms with Gasteiger partial charge in [0.15, 0.2) is 9.84 Å². The highest BCUT2D eigenvalue weighted by Gasteiger charge is 2.31. The third-order valence-electron chi connectivity index (χ3n) is 4.76. The average molecular weight is 337 g/mol. The molecule has 3 rings (SSSR count). The minimum absolute atomic E-state index is 0.00819. The minimum Gasteiger partial charge on any atom is -0.376 e. The lowest BCUT2D eigenvalue weighted by molar-refractivity contribution is -0.120. The van der Waals surface area contributed by atoms with Gasteiger partial charge in [0.05, 0.1) is 11.0 Å². The predicted octanol–water partition coefficient (Wildman–Crippen LogP) is 1.63. The van der Waals surface area contributed by atoms with Crippen molar-refractivity contribution in [2.45, 2.75) is 55.3 Å². The van der Waals surface area contributed by atoms with Crippen molar-refractivity contribution >= 4 is 15.7 Å². The van der Waals surface area contributed by atoms with Crippen LogP contribution in [-0.2, 0) is 32.2 Å². The summed E-state index contributed by atoms with van der Waals surface area (Å²) >= 11 is 0. The van der Waals surface area contributed by atoms with Crippen LogP contribution in [-0.4, -0.2) is 38.8 Å². The quantitative estimate of drug-likeness (QED) is 0.886. The molecule has 0 bridgehead atoms. The third kappa shape index (κ3) is 3.43. The van der Waals surface area contributed by atoms with Gasteiger partial charge in [0, 0.05) is 13.2 Å². The number of rotatable bonds is 5. The first-order valence-corrected chi connectivity index (χ1v) is 9.78. The van der Waals surface area contributed by atoms with Crippen LogP contribution in [0, 0.1) is 0 Å². The maximum atomic E-state index is 12.7. The molecule has 1 aromatic rings. The van der Waals surface area contributed by atoms with Gasteiger partial charge in [-0.15, -0.1) is 0 Å². The second-order valence-electron chi connectivity index (χ2n) is 6.35. The van der Waals surface area contributed by atoms with Crippen LogP contribution in [0.15, 0.2) is 23.1 Å². The van der Waals surface area contributed by atoms with E-state index in [1.54, 1.807) is 12.1 Å². The van der Waals surface area contributed by atoms with E-state index in [0.29, 0.717) is 13.2 Å². The zero-order chi connectivity index (χ0) is 16.4. The number of sulfone groups is 1. The first-order chi connectivity index (χ1) is 11.0. The van der Waals surface area contributed by atoms with E-state index in [9.17, 15) is 13.2 Å². The molecule has 5 nitrogen and oxygen atoms in total. The molecule has 0 radical (unpaired) electrons. The molecule has 1 heterocycles. The molecule has 1 aliphatic carbocycles. The largest absolute Gasteiger partial charge is 0.376 e. The highest BCUT2D eigenvalue weighted by atomic mass is 32.2. The molecular formula is C17H23NO4S. The fraction of sp³-hybridized carbons (Fsp3) is 0.588. The van der Waals surface area contributed by atoms with Crippen LogP contribution in [0.1, 0.15) is 37.3 Å². The van der Waals surface area contributed by atoms with Gasteiger partial charge in [-0.3, -0.25) is 4.79 Å². The van der Waals surface area contributed by atoms with Crippen molar-refractivity contribution in [1.29, 1.82) is 0 Å². The Balaban J connectivity index is 1.69. The first-order valence-electron chi connectivity index (χ1n) is 8.23. The van der Waals surface area contributed by atoms with Crippen LogP contribution < -0.4 is 5.32 Å². The number of ether oxygens (including phenoxy) is 1. The van der Waals surface area contributed by atoms with E-state index < -0.39 is 21.0 Å². The summed E-state index contributed by atoms with van der Waals surface area (Å²) in [5.74, 6) is -0.457. The van der Waals surface area contributed by atoms with Gasteiger partial charge in [0.2, 0.25) is 5.91 Å². The van der Waals surface area contributed by atoms with Crippen molar-refractivity contribution in [1.82, 2.24) is 5.32 Å². The van der Waals surface area contributed by atoms with Crippen LogP contribution in [0.25, 0.3) is 0 Å². The SMILES string of the molecule is CC(C(=O)NCC1CCCO1)S(=O)(=O)c1ccc2c(c1)CCC2. The lowest BCUT2D eigenvalue weighted by Gasteiger charge is -2.16. The number of hydrogen-bond donors (Lipinski definition) is 1. The van der Waals surface area contributed by atoms with Crippen molar-refractivity contribution in [3.63, 3.8) is 0 Å². The number of carbonyl (C=O) groups excluding carboxylic acids is 1. The Morgan fingerprint density at radius 1 is 1.30 bits per heavy atom. The zero-order valence-corrected chi connectivity index (χ0v) is 14.2. The second kappa shape index (κ2) is 6.61. The Hall–Kier alpha value is -1.40. The number of amides is 1. The number of hydrogen-bond acceptors (Lipinski definition) is 4. The lowest BCUT2D eigenvalue weighted by atomic mass is 10.1. The number of fused-ring (bicyclic) bond motifs is 1. The van der Waals surface area contributed by atoms with E-state index in [0.717, 1.165) is 37.7 Å². The molecule has 126 valence electrons. The number of carbonyl (C=O) groups is 1. The molecule has 1 saturated heterocycles. The Kier molecular flexibility index (Phi) is 4.73. The fourth-order valence-corrected chi connectivity index (χ4v) is 4.57. The van der Waals surface area contributed by atoms with Crippen molar-refractivity contribution < 1.29 is 17.9 Å².